The molecule has 1 aromatic heterocycles. The van der Waals surface area contributed by atoms with Crippen LogP contribution in [-0.2, 0) is 29.3 Å². The number of aromatic nitrogens is 1. The van der Waals surface area contributed by atoms with Gasteiger partial charge in [-0.2, -0.15) is 5.26 Å². The summed E-state index contributed by atoms with van der Waals surface area (Å²) in [6, 6.07) is 19.5. The Kier molecular flexibility index (Phi) is 14.7. The number of likely N-dealkylation sites (tertiary alicyclic amines) is 1. The van der Waals surface area contributed by atoms with Gasteiger partial charge in [0.25, 0.3) is 0 Å². The number of hydrogen-bond donors (Lipinski definition) is 4. The monoisotopic (exact) mass is 783 g/mol. The van der Waals surface area contributed by atoms with Gasteiger partial charge in [0, 0.05) is 68.7 Å². The van der Waals surface area contributed by atoms with Gasteiger partial charge in [-0.1, -0.05) is 41.9 Å². The summed E-state index contributed by atoms with van der Waals surface area (Å²) >= 11 is 6.74. The second kappa shape index (κ2) is 19.6. The van der Waals surface area contributed by atoms with Crippen LogP contribution in [0.4, 0.5) is 0 Å². The molecule has 5 rings (SSSR count). The lowest BCUT2D eigenvalue weighted by Crippen LogP contribution is -2.52. The number of ether oxygens (including phenoxy) is 3. The minimum Gasteiger partial charge on any atom is -0.493 e. The smallest absolute Gasteiger partial charge is 0.326 e. The van der Waals surface area contributed by atoms with Crippen molar-refractivity contribution in [2.75, 3.05) is 32.8 Å². The second-order valence-electron chi connectivity index (χ2n) is 14.3. The third kappa shape index (κ3) is 11.0. The molecule has 0 radical (unpaired) electrons. The van der Waals surface area contributed by atoms with Crippen LogP contribution < -0.4 is 24.8 Å². The Balaban J connectivity index is 1.27. The third-order valence-corrected chi connectivity index (χ3v) is 10.5. The summed E-state index contributed by atoms with van der Waals surface area (Å²) in [5, 5.41) is 34.9. The zero-order valence-electron chi connectivity index (χ0n) is 32.4. The van der Waals surface area contributed by atoms with Gasteiger partial charge in [0.05, 0.1) is 23.8 Å². The van der Waals surface area contributed by atoms with Crippen molar-refractivity contribution in [1.29, 1.82) is 5.26 Å². The molecule has 4 aromatic rings. The molecule has 13 heteroatoms. The van der Waals surface area contributed by atoms with Gasteiger partial charge in [-0.25, -0.2) is 0 Å². The minimum atomic E-state index is -1.59. The molecule has 2 heterocycles. The number of nitrogens with zero attached hydrogens (tertiary/aromatic N) is 3. The van der Waals surface area contributed by atoms with Crippen LogP contribution in [0.2, 0.25) is 5.02 Å². The molecule has 12 nitrogen and oxygen atoms in total. The van der Waals surface area contributed by atoms with Gasteiger partial charge in [-0.05, 0) is 86.1 Å². The molecule has 0 bridgehead atoms. The van der Waals surface area contributed by atoms with Crippen molar-refractivity contribution in [2.24, 2.45) is 0 Å². The Morgan fingerprint density at radius 1 is 0.964 bits per heavy atom. The number of nitrogens with one attached hydrogen (secondary N) is 2. The first-order valence-corrected chi connectivity index (χ1v) is 19.1. The first-order chi connectivity index (χ1) is 26.9. The van der Waals surface area contributed by atoms with Gasteiger partial charge < -0.3 is 34.6 Å². The number of carboxylic acids is 1. The van der Waals surface area contributed by atoms with E-state index in [1.165, 1.54) is 13.1 Å². The Morgan fingerprint density at radius 2 is 1.68 bits per heavy atom. The lowest BCUT2D eigenvalue weighted by atomic mass is 9.93. The third-order valence-electron chi connectivity index (χ3n) is 10.2. The lowest BCUT2D eigenvalue weighted by molar-refractivity contribution is -0.146. The zero-order valence-corrected chi connectivity index (χ0v) is 33.1. The van der Waals surface area contributed by atoms with Gasteiger partial charge in [-0.15, -0.1) is 0 Å². The quantitative estimate of drug-likeness (QED) is 0.0832. The summed E-state index contributed by atoms with van der Waals surface area (Å²) < 4.78 is 18.8. The zero-order chi connectivity index (χ0) is 40.2. The minimum absolute atomic E-state index is 0.0262. The Hall–Kier alpha value is -5.19. The highest BCUT2D eigenvalue weighted by molar-refractivity contribution is 6.32. The molecule has 1 fully saturated rings. The van der Waals surface area contributed by atoms with E-state index in [-0.39, 0.29) is 31.7 Å². The van der Waals surface area contributed by atoms with Crippen molar-refractivity contribution in [2.45, 2.75) is 78.3 Å². The number of rotatable bonds is 18. The highest BCUT2D eigenvalue weighted by atomic mass is 35.5. The molecule has 0 spiro atoms. The van der Waals surface area contributed by atoms with Gasteiger partial charge in [0.15, 0.2) is 0 Å². The van der Waals surface area contributed by atoms with Crippen LogP contribution in [0.25, 0.3) is 11.1 Å². The van der Waals surface area contributed by atoms with Crippen LogP contribution in [0.5, 0.6) is 17.2 Å². The molecule has 56 heavy (non-hydrogen) atoms. The maximum atomic E-state index is 11.8. The SMILES string of the molecule is CC(=O)NC1CCN(CCCOc2cccc(-c3cccc(COc4cc(OCc5cncc(C#N)c5)c(CNC(C)(CO)C(=O)O)cc4Cl)c3C)c2C)CC1. The molecule has 1 aliphatic rings. The molecular formula is C43H50ClN5O7. The van der Waals surface area contributed by atoms with E-state index < -0.39 is 18.1 Å². The van der Waals surface area contributed by atoms with Crippen molar-refractivity contribution in [3.8, 4) is 34.4 Å². The standard InChI is InChI=1S/C43H50ClN5O7/c1-28-33(8-5-9-36(28)37-10-6-11-39(29(37)2)54-17-7-14-49-15-12-35(13-16-49)48-30(3)51)26-56-41-20-40(55-25-32-18-31(21-45)22-46-23-32)34(19-38(41)44)24-47-43(4,27-50)42(52)53/h5-6,8-11,18-20,22-23,35,47,50H,7,12-17,24-27H2,1-4H3,(H,48,51)(H,52,53). The largest absolute Gasteiger partial charge is 0.493 e. The van der Waals surface area contributed by atoms with Crippen molar-refractivity contribution >= 4 is 23.5 Å². The first kappa shape index (κ1) is 42.0. The predicted octanol–water partition coefficient (Wildman–Crippen LogP) is 6.34. The second-order valence-corrected chi connectivity index (χ2v) is 14.8. The van der Waals surface area contributed by atoms with Crippen molar-refractivity contribution in [1.82, 2.24) is 20.5 Å². The normalized spacial score (nSPS) is 14.4. The number of carbonyl (C=O) groups is 2. The lowest BCUT2D eigenvalue weighted by Gasteiger charge is -2.32. The van der Waals surface area contributed by atoms with Crippen molar-refractivity contribution < 1.29 is 34.0 Å². The maximum absolute atomic E-state index is 11.8. The number of piperidine rings is 1. The van der Waals surface area contributed by atoms with E-state index >= 15 is 0 Å². The predicted molar refractivity (Wildman–Crippen MR) is 214 cm³/mol. The number of aliphatic carboxylic acids is 1. The summed E-state index contributed by atoms with van der Waals surface area (Å²) in [7, 11) is 0. The number of benzene rings is 3. The fourth-order valence-electron chi connectivity index (χ4n) is 6.65. The van der Waals surface area contributed by atoms with E-state index in [0.29, 0.717) is 39.8 Å². The maximum Gasteiger partial charge on any atom is 0.326 e. The average molecular weight is 784 g/mol. The Labute approximate surface area is 333 Å². The molecule has 1 unspecified atom stereocenters. The van der Waals surface area contributed by atoms with E-state index in [1.54, 1.807) is 31.3 Å². The number of nitriles is 1. The van der Waals surface area contributed by atoms with Crippen LogP contribution >= 0.6 is 11.6 Å². The molecule has 3 aromatic carbocycles. The number of halogens is 1. The summed E-state index contributed by atoms with van der Waals surface area (Å²) in [6.07, 6.45) is 5.91. The molecule has 1 aliphatic heterocycles. The van der Waals surface area contributed by atoms with Crippen LogP contribution in [0.3, 0.4) is 0 Å². The summed E-state index contributed by atoms with van der Waals surface area (Å²) in [5.74, 6) is 0.427. The van der Waals surface area contributed by atoms with Crippen LogP contribution in [-0.4, -0.2) is 76.4 Å². The molecule has 4 N–H and O–H groups in total. The number of hydrogen-bond acceptors (Lipinski definition) is 10. The average Bonchev–Trinajstić information content (AvgIpc) is 3.19. The van der Waals surface area contributed by atoms with Gasteiger partial charge >= 0.3 is 5.97 Å². The number of aliphatic hydroxyl groups is 1. The fourth-order valence-corrected chi connectivity index (χ4v) is 6.89. The summed E-state index contributed by atoms with van der Waals surface area (Å²) in [6.45, 7) is 10.3. The Morgan fingerprint density at radius 3 is 2.38 bits per heavy atom. The molecular weight excluding hydrogens is 734 g/mol. The molecule has 1 amide bonds. The number of carbonyl (C=O) groups excluding carboxylic acids is 1. The van der Waals surface area contributed by atoms with Crippen LogP contribution in [0, 0.1) is 25.2 Å². The number of amides is 1. The van der Waals surface area contributed by atoms with Gasteiger partial charge in [0.2, 0.25) is 5.91 Å². The van der Waals surface area contributed by atoms with Crippen LogP contribution in [0.1, 0.15) is 66.5 Å². The molecule has 296 valence electrons. The van der Waals surface area contributed by atoms with Gasteiger partial charge in [0.1, 0.15) is 42.1 Å². The molecule has 0 aliphatic carbocycles. The molecule has 1 atom stereocenters. The highest BCUT2D eigenvalue weighted by Gasteiger charge is 2.32. The molecule has 0 saturated carbocycles. The fraction of sp³-hybridized carbons (Fsp3) is 0.395. The van der Waals surface area contributed by atoms with E-state index in [1.807, 2.05) is 24.3 Å². The van der Waals surface area contributed by atoms with E-state index in [2.05, 4.69) is 52.6 Å². The van der Waals surface area contributed by atoms with Gasteiger partial charge in [-0.3, -0.25) is 19.9 Å². The highest BCUT2D eigenvalue weighted by Crippen LogP contribution is 2.36. The van der Waals surface area contributed by atoms with E-state index in [4.69, 9.17) is 25.8 Å². The van der Waals surface area contributed by atoms with E-state index in [9.17, 15) is 25.1 Å². The van der Waals surface area contributed by atoms with Crippen molar-refractivity contribution in [3.05, 3.63) is 105 Å². The summed E-state index contributed by atoms with van der Waals surface area (Å²) in [5.41, 5.74) is 5.20. The summed E-state index contributed by atoms with van der Waals surface area (Å²) in [4.78, 5) is 29.7. The number of carboxylic acid groups (broad SMARTS) is 1. The van der Waals surface area contributed by atoms with E-state index in [0.717, 1.165) is 72.5 Å². The van der Waals surface area contributed by atoms with Crippen molar-refractivity contribution in [3.63, 3.8) is 0 Å². The Bertz CT molecular complexity index is 2050. The number of aliphatic hydroxyl groups excluding tert-OH is 1. The van der Waals surface area contributed by atoms with Crippen LogP contribution in [0.15, 0.2) is 67.0 Å². The topological polar surface area (TPSA) is 166 Å². The number of pyridine rings is 1. The first-order valence-electron chi connectivity index (χ1n) is 18.7. The molecule has 1 saturated heterocycles.